The third-order valence-electron chi connectivity index (χ3n) is 5.06. The van der Waals surface area contributed by atoms with Crippen LogP contribution in [0.3, 0.4) is 0 Å². The van der Waals surface area contributed by atoms with Gasteiger partial charge in [-0.2, -0.15) is 5.26 Å². The molecule has 0 unspecified atom stereocenters. The first-order chi connectivity index (χ1) is 13.4. The van der Waals surface area contributed by atoms with Gasteiger partial charge in [0.1, 0.15) is 23.3 Å². The lowest BCUT2D eigenvalue weighted by Gasteiger charge is -2.09. The zero-order valence-electron chi connectivity index (χ0n) is 15.5. The van der Waals surface area contributed by atoms with E-state index < -0.39 is 11.2 Å². The second-order valence-corrected chi connectivity index (χ2v) is 7.93. The molecule has 0 atom stereocenters. The second-order valence-electron chi connectivity index (χ2n) is 6.83. The van der Waals surface area contributed by atoms with E-state index in [-0.39, 0.29) is 23.6 Å². The highest BCUT2D eigenvalue weighted by Gasteiger charge is 2.22. The van der Waals surface area contributed by atoms with Crippen LogP contribution in [0.1, 0.15) is 28.8 Å². The number of carbonyl (C=O) groups excluding carboxylic acids is 1. The third-order valence-corrected chi connectivity index (χ3v) is 6.27. The van der Waals surface area contributed by atoms with E-state index in [1.54, 1.807) is 0 Å². The van der Waals surface area contributed by atoms with Gasteiger partial charge in [-0.1, -0.05) is 0 Å². The zero-order valence-corrected chi connectivity index (χ0v) is 16.3. The van der Waals surface area contributed by atoms with E-state index in [9.17, 15) is 19.6 Å². The second kappa shape index (κ2) is 6.76. The van der Waals surface area contributed by atoms with Crippen LogP contribution in [0.25, 0.3) is 11.2 Å². The maximum atomic E-state index is 12.6. The molecule has 28 heavy (non-hydrogen) atoms. The Morgan fingerprint density at radius 2 is 2.04 bits per heavy atom. The number of hydrogen-bond acceptors (Lipinski definition) is 6. The molecule has 0 spiro atoms. The molecule has 3 aromatic heterocycles. The summed E-state index contributed by atoms with van der Waals surface area (Å²) < 4.78 is 3.74. The summed E-state index contributed by atoms with van der Waals surface area (Å²) in [6.07, 6.45) is 5.31. The first-order valence-electron chi connectivity index (χ1n) is 8.87. The predicted octanol–water partition coefficient (Wildman–Crippen LogP) is 0.884. The fourth-order valence-electron chi connectivity index (χ4n) is 3.65. The highest BCUT2D eigenvalue weighted by Crippen LogP contribution is 2.37. The van der Waals surface area contributed by atoms with Gasteiger partial charge in [0.25, 0.3) is 5.56 Å². The van der Waals surface area contributed by atoms with E-state index in [1.165, 1.54) is 40.9 Å². The average Bonchev–Trinajstić information content (AvgIpc) is 3.25. The summed E-state index contributed by atoms with van der Waals surface area (Å²) >= 11 is 1.45. The van der Waals surface area contributed by atoms with Crippen molar-refractivity contribution in [2.45, 2.75) is 32.2 Å². The largest absolute Gasteiger partial charge is 0.332 e. The number of nitrogens with one attached hydrogen (secondary N) is 1. The lowest BCUT2D eigenvalue weighted by molar-refractivity contribution is -0.116. The van der Waals surface area contributed by atoms with Crippen molar-refractivity contribution in [1.29, 1.82) is 5.26 Å². The lowest BCUT2D eigenvalue weighted by Crippen LogP contribution is -2.37. The number of carbonyl (C=O) groups is 1. The number of nitrogens with zero attached hydrogens (tertiary/aromatic N) is 5. The molecule has 144 valence electrons. The van der Waals surface area contributed by atoms with E-state index >= 15 is 0 Å². The van der Waals surface area contributed by atoms with Crippen LogP contribution in [0.2, 0.25) is 0 Å². The molecule has 9 nitrogen and oxygen atoms in total. The van der Waals surface area contributed by atoms with Crippen molar-refractivity contribution in [3.63, 3.8) is 0 Å². The molecule has 3 aromatic rings. The van der Waals surface area contributed by atoms with E-state index in [2.05, 4.69) is 16.4 Å². The Hall–Kier alpha value is -3.19. The Morgan fingerprint density at radius 1 is 1.29 bits per heavy atom. The van der Waals surface area contributed by atoms with E-state index in [0.29, 0.717) is 10.6 Å². The number of fused-ring (bicyclic) bond motifs is 2. The van der Waals surface area contributed by atoms with Crippen LogP contribution in [-0.2, 0) is 38.3 Å². The highest BCUT2D eigenvalue weighted by atomic mass is 32.1. The zero-order chi connectivity index (χ0) is 20.0. The van der Waals surface area contributed by atoms with Crippen molar-refractivity contribution in [3.8, 4) is 6.07 Å². The number of amides is 1. The van der Waals surface area contributed by atoms with Gasteiger partial charge in [-0.3, -0.25) is 18.7 Å². The van der Waals surface area contributed by atoms with E-state index in [4.69, 9.17) is 0 Å². The number of aryl methyl sites for hydroxylation is 2. The monoisotopic (exact) mass is 398 g/mol. The van der Waals surface area contributed by atoms with Gasteiger partial charge in [-0.25, -0.2) is 9.78 Å². The normalized spacial score (nSPS) is 13.3. The molecule has 3 heterocycles. The quantitative estimate of drug-likeness (QED) is 0.703. The molecular formula is C18H18N6O3S. The topological polar surface area (TPSA) is 115 Å². The van der Waals surface area contributed by atoms with Crippen LogP contribution in [-0.4, -0.2) is 24.6 Å². The number of hydrogen-bond donors (Lipinski definition) is 1. The summed E-state index contributed by atoms with van der Waals surface area (Å²) in [6.45, 7) is -0.121. The first kappa shape index (κ1) is 18.2. The molecule has 0 aliphatic heterocycles. The number of thiophene rings is 1. The van der Waals surface area contributed by atoms with Crippen LogP contribution in [0.15, 0.2) is 15.9 Å². The Balaban J connectivity index is 1.66. The van der Waals surface area contributed by atoms with Gasteiger partial charge >= 0.3 is 5.69 Å². The molecule has 0 bridgehead atoms. The van der Waals surface area contributed by atoms with Gasteiger partial charge in [0.05, 0.1) is 11.9 Å². The number of aromatic nitrogens is 4. The summed E-state index contributed by atoms with van der Waals surface area (Å²) in [6, 6.07) is 2.21. The van der Waals surface area contributed by atoms with Crippen LogP contribution in [0.4, 0.5) is 5.00 Å². The molecule has 0 saturated carbocycles. The summed E-state index contributed by atoms with van der Waals surface area (Å²) in [4.78, 5) is 42.3. The fourth-order valence-corrected chi connectivity index (χ4v) is 4.90. The Morgan fingerprint density at radius 3 is 2.79 bits per heavy atom. The molecule has 1 aliphatic rings. The molecule has 0 aromatic carbocycles. The van der Waals surface area contributed by atoms with Gasteiger partial charge in [-0.05, 0) is 31.2 Å². The highest BCUT2D eigenvalue weighted by molar-refractivity contribution is 7.16. The van der Waals surface area contributed by atoms with Gasteiger partial charge in [-0.15, -0.1) is 11.3 Å². The SMILES string of the molecule is Cn1c(=O)c2ncn(CC(=O)Nc3sc4c(c3C#N)CCCC4)c2n(C)c1=O. The molecule has 1 N–H and O–H groups in total. The third kappa shape index (κ3) is 2.75. The van der Waals surface area contributed by atoms with Gasteiger partial charge in [0.15, 0.2) is 5.52 Å². The van der Waals surface area contributed by atoms with Gasteiger partial charge in [0, 0.05) is 19.0 Å². The van der Waals surface area contributed by atoms with Gasteiger partial charge < -0.3 is 9.88 Å². The van der Waals surface area contributed by atoms with E-state index in [1.807, 2.05) is 0 Å². The molecule has 0 radical (unpaired) electrons. The molecule has 10 heteroatoms. The average molecular weight is 398 g/mol. The Kier molecular flexibility index (Phi) is 4.39. The van der Waals surface area contributed by atoms with Crippen LogP contribution in [0, 0.1) is 11.3 Å². The van der Waals surface area contributed by atoms with Crippen LogP contribution < -0.4 is 16.6 Å². The van der Waals surface area contributed by atoms with E-state index in [0.717, 1.165) is 40.7 Å². The summed E-state index contributed by atoms with van der Waals surface area (Å²) in [5, 5.41) is 12.9. The molecule has 4 rings (SSSR count). The van der Waals surface area contributed by atoms with Crippen molar-refractivity contribution in [2.24, 2.45) is 14.1 Å². The molecule has 1 aliphatic carbocycles. The summed E-state index contributed by atoms with van der Waals surface area (Å²) in [5.41, 5.74) is 1.01. The molecule has 0 saturated heterocycles. The Bertz CT molecular complexity index is 1270. The number of anilines is 1. The number of rotatable bonds is 3. The molecular weight excluding hydrogens is 380 g/mol. The standard InChI is InChI=1S/C18H18N6O3S/c1-22-16-14(17(26)23(2)18(22)27)20-9-24(16)8-13(25)21-15-11(7-19)10-5-3-4-6-12(10)28-15/h9H,3-6,8H2,1-2H3,(H,21,25). The smallest absolute Gasteiger partial charge is 0.315 e. The first-order valence-corrected chi connectivity index (χ1v) is 9.69. The van der Waals surface area contributed by atoms with Crippen molar-refractivity contribution in [3.05, 3.63) is 43.2 Å². The number of nitriles is 1. The number of imidazole rings is 1. The van der Waals surface area contributed by atoms with Crippen molar-refractivity contribution in [2.75, 3.05) is 5.32 Å². The minimum Gasteiger partial charge on any atom is -0.315 e. The maximum Gasteiger partial charge on any atom is 0.332 e. The predicted molar refractivity (Wildman–Crippen MR) is 105 cm³/mol. The Labute approximate surface area is 163 Å². The van der Waals surface area contributed by atoms with Crippen LogP contribution >= 0.6 is 11.3 Å². The van der Waals surface area contributed by atoms with Gasteiger partial charge in [0.2, 0.25) is 5.91 Å². The fraction of sp³-hybridized carbons (Fsp3) is 0.389. The van der Waals surface area contributed by atoms with Crippen molar-refractivity contribution < 1.29 is 4.79 Å². The summed E-state index contributed by atoms with van der Waals surface area (Å²) in [5.74, 6) is -0.345. The maximum absolute atomic E-state index is 12.6. The minimum atomic E-state index is -0.505. The lowest BCUT2D eigenvalue weighted by atomic mass is 9.96. The molecule has 0 fully saturated rings. The van der Waals surface area contributed by atoms with Crippen molar-refractivity contribution >= 4 is 33.4 Å². The van der Waals surface area contributed by atoms with Crippen molar-refractivity contribution in [1.82, 2.24) is 18.7 Å². The minimum absolute atomic E-state index is 0.121. The van der Waals surface area contributed by atoms with Crippen LogP contribution in [0.5, 0.6) is 0 Å². The summed E-state index contributed by atoms with van der Waals surface area (Å²) in [7, 11) is 2.92. The molecule has 1 amide bonds.